The Morgan fingerprint density at radius 1 is 1.47 bits per heavy atom. The summed E-state index contributed by atoms with van der Waals surface area (Å²) in [6, 6.07) is 3.39. The maximum atomic E-state index is 11.5. The molecule has 1 heterocycles. The van der Waals surface area contributed by atoms with E-state index in [-0.39, 0.29) is 5.75 Å². The van der Waals surface area contributed by atoms with Gasteiger partial charge in [0.1, 0.15) is 5.82 Å². The van der Waals surface area contributed by atoms with Crippen LogP contribution in [0.5, 0.6) is 0 Å². The molecule has 6 heteroatoms. The van der Waals surface area contributed by atoms with E-state index in [2.05, 4.69) is 21.6 Å². The number of rotatable bonds is 7. The Balaban J connectivity index is 2.65. The molecule has 0 radical (unpaired) electrons. The Kier molecular flexibility index (Phi) is 4.96. The van der Waals surface area contributed by atoms with Crippen molar-refractivity contribution in [2.75, 3.05) is 22.3 Å². The first-order valence-corrected chi connectivity index (χ1v) is 7.04. The number of nitrogens with zero attached hydrogens (tertiary/aromatic N) is 1. The van der Waals surface area contributed by atoms with Crippen molar-refractivity contribution in [2.24, 2.45) is 0 Å². The molecule has 0 amide bonds. The van der Waals surface area contributed by atoms with Gasteiger partial charge in [0.2, 0.25) is 10.0 Å². The molecule has 1 aromatic heterocycles. The third-order valence-electron chi connectivity index (χ3n) is 1.95. The van der Waals surface area contributed by atoms with Gasteiger partial charge in [0.05, 0.1) is 17.6 Å². The van der Waals surface area contributed by atoms with E-state index in [9.17, 15) is 8.42 Å². The molecule has 0 aliphatic heterocycles. The van der Waals surface area contributed by atoms with Crippen molar-refractivity contribution in [1.29, 1.82) is 0 Å². The second-order valence-corrected chi connectivity index (χ2v) is 5.36. The summed E-state index contributed by atoms with van der Waals surface area (Å²) in [5.41, 5.74) is 0.823. The molecular weight excluding hydrogens is 238 g/mol. The highest BCUT2D eigenvalue weighted by atomic mass is 32.2. The Morgan fingerprint density at radius 3 is 2.76 bits per heavy atom. The highest BCUT2D eigenvalue weighted by molar-refractivity contribution is 7.92. The number of sulfonamides is 1. The lowest BCUT2D eigenvalue weighted by atomic mass is 10.4. The third-order valence-corrected chi connectivity index (χ3v) is 3.41. The zero-order chi connectivity index (χ0) is 12.7. The molecule has 0 bridgehead atoms. The molecule has 0 spiro atoms. The number of aromatic nitrogens is 1. The minimum Gasteiger partial charge on any atom is -0.380 e. The quantitative estimate of drug-likeness (QED) is 0.729. The summed E-state index contributed by atoms with van der Waals surface area (Å²) >= 11 is 0. The van der Waals surface area contributed by atoms with Crippen LogP contribution in [0, 0.1) is 0 Å². The van der Waals surface area contributed by atoms with Gasteiger partial charge in [-0.2, -0.15) is 0 Å². The molecule has 0 fully saturated rings. The van der Waals surface area contributed by atoms with Crippen molar-refractivity contribution in [2.45, 2.75) is 13.3 Å². The van der Waals surface area contributed by atoms with Gasteiger partial charge in [-0.25, -0.2) is 13.4 Å². The van der Waals surface area contributed by atoms with E-state index in [0.717, 1.165) is 5.69 Å². The third kappa shape index (κ3) is 4.86. The summed E-state index contributed by atoms with van der Waals surface area (Å²) in [6.07, 6.45) is 3.89. The van der Waals surface area contributed by atoms with Gasteiger partial charge in [-0.3, -0.25) is 4.72 Å². The van der Waals surface area contributed by atoms with E-state index in [1.807, 2.05) is 6.92 Å². The number of hydrogen-bond acceptors (Lipinski definition) is 4. The zero-order valence-corrected chi connectivity index (χ0v) is 10.6. The first-order valence-electron chi connectivity index (χ1n) is 5.38. The van der Waals surface area contributed by atoms with E-state index in [1.165, 1.54) is 0 Å². The second-order valence-electron chi connectivity index (χ2n) is 3.52. The van der Waals surface area contributed by atoms with Crippen LogP contribution in [0.25, 0.3) is 0 Å². The SMILES string of the molecule is C=CCNc1ccc(NS(=O)(=O)CCC)nc1. The molecule has 17 heavy (non-hydrogen) atoms. The fraction of sp³-hybridized carbons (Fsp3) is 0.364. The van der Waals surface area contributed by atoms with Gasteiger partial charge in [0.25, 0.3) is 0 Å². The highest BCUT2D eigenvalue weighted by Gasteiger charge is 2.08. The fourth-order valence-corrected chi connectivity index (χ4v) is 2.31. The van der Waals surface area contributed by atoms with E-state index < -0.39 is 10.0 Å². The van der Waals surface area contributed by atoms with Crippen LogP contribution in [0.4, 0.5) is 11.5 Å². The predicted molar refractivity (Wildman–Crippen MR) is 70.6 cm³/mol. The lowest BCUT2D eigenvalue weighted by Crippen LogP contribution is -2.16. The monoisotopic (exact) mass is 255 g/mol. The average molecular weight is 255 g/mol. The summed E-state index contributed by atoms with van der Waals surface area (Å²) in [7, 11) is -3.26. The first-order chi connectivity index (χ1) is 8.07. The molecule has 1 rings (SSSR count). The Morgan fingerprint density at radius 2 is 2.24 bits per heavy atom. The predicted octanol–water partition coefficient (Wildman–Crippen LogP) is 1.83. The van der Waals surface area contributed by atoms with E-state index in [1.54, 1.807) is 24.4 Å². The molecular formula is C11H17N3O2S. The molecule has 5 nitrogen and oxygen atoms in total. The number of pyridine rings is 1. The molecule has 0 atom stereocenters. The number of nitrogens with one attached hydrogen (secondary N) is 2. The van der Waals surface area contributed by atoms with E-state index >= 15 is 0 Å². The maximum Gasteiger partial charge on any atom is 0.233 e. The van der Waals surface area contributed by atoms with Crippen molar-refractivity contribution >= 4 is 21.5 Å². The van der Waals surface area contributed by atoms with Crippen LogP contribution in [0.2, 0.25) is 0 Å². The van der Waals surface area contributed by atoms with E-state index in [0.29, 0.717) is 18.8 Å². The first kappa shape index (κ1) is 13.5. The normalized spacial score (nSPS) is 10.9. The fourth-order valence-electron chi connectivity index (χ4n) is 1.23. The van der Waals surface area contributed by atoms with Crippen LogP contribution in [-0.2, 0) is 10.0 Å². The van der Waals surface area contributed by atoms with Crippen LogP contribution >= 0.6 is 0 Å². The van der Waals surface area contributed by atoms with Gasteiger partial charge in [-0.05, 0) is 18.6 Å². The molecule has 0 saturated heterocycles. The molecule has 0 aromatic carbocycles. The van der Waals surface area contributed by atoms with Crippen LogP contribution in [0.15, 0.2) is 31.0 Å². The van der Waals surface area contributed by atoms with Crippen molar-refractivity contribution < 1.29 is 8.42 Å². The van der Waals surface area contributed by atoms with Gasteiger partial charge < -0.3 is 5.32 Å². The van der Waals surface area contributed by atoms with Crippen LogP contribution < -0.4 is 10.0 Å². The maximum absolute atomic E-state index is 11.5. The Bertz CT molecular complexity index is 454. The molecule has 1 aromatic rings. The van der Waals surface area contributed by atoms with Crippen molar-refractivity contribution in [3.05, 3.63) is 31.0 Å². The summed E-state index contributed by atoms with van der Waals surface area (Å²) in [6.45, 7) is 6.04. The van der Waals surface area contributed by atoms with Gasteiger partial charge >= 0.3 is 0 Å². The lowest BCUT2D eigenvalue weighted by Gasteiger charge is -2.07. The summed E-state index contributed by atoms with van der Waals surface area (Å²) in [4.78, 5) is 4.01. The molecule has 0 saturated carbocycles. The largest absolute Gasteiger partial charge is 0.380 e. The summed E-state index contributed by atoms with van der Waals surface area (Å²) in [5.74, 6) is 0.438. The van der Waals surface area contributed by atoms with Gasteiger partial charge in [0, 0.05) is 6.54 Å². The minimum absolute atomic E-state index is 0.102. The zero-order valence-electron chi connectivity index (χ0n) is 9.81. The highest BCUT2D eigenvalue weighted by Crippen LogP contribution is 2.11. The van der Waals surface area contributed by atoms with Crippen LogP contribution in [-0.4, -0.2) is 25.7 Å². The smallest absolute Gasteiger partial charge is 0.233 e. The topological polar surface area (TPSA) is 71.1 Å². The van der Waals surface area contributed by atoms with E-state index in [4.69, 9.17) is 0 Å². The van der Waals surface area contributed by atoms with Crippen LogP contribution in [0.1, 0.15) is 13.3 Å². The summed E-state index contributed by atoms with van der Waals surface area (Å²) in [5, 5.41) is 3.05. The van der Waals surface area contributed by atoms with Gasteiger partial charge in [0.15, 0.2) is 0 Å². The second kappa shape index (κ2) is 6.24. The minimum atomic E-state index is -3.26. The Hall–Kier alpha value is -1.56. The molecule has 0 aliphatic rings. The van der Waals surface area contributed by atoms with Gasteiger partial charge in [-0.1, -0.05) is 13.0 Å². The molecule has 2 N–H and O–H groups in total. The molecule has 0 aliphatic carbocycles. The van der Waals surface area contributed by atoms with Crippen LogP contribution in [0.3, 0.4) is 0 Å². The van der Waals surface area contributed by atoms with Gasteiger partial charge in [-0.15, -0.1) is 6.58 Å². The summed E-state index contributed by atoms with van der Waals surface area (Å²) < 4.78 is 25.4. The molecule has 94 valence electrons. The van der Waals surface area contributed by atoms with Crippen molar-refractivity contribution in [3.63, 3.8) is 0 Å². The molecule has 0 unspecified atom stereocenters. The Labute approximate surface area is 102 Å². The lowest BCUT2D eigenvalue weighted by molar-refractivity contribution is 0.599. The van der Waals surface area contributed by atoms with Crippen molar-refractivity contribution in [3.8, 4) is 0 Å². The standard InChI is InChI=1S/C11H17N3O2S/c1-3-7-12-10-5-6-11(13-9-10)14-17(15,16)8-4-2/h3,5-6,9,12H,1,4,7-8H2,2H3,(H,13,14). The number of hydrogen-bond donors (Lipinski definition) is 2. The van der Waals surface area contributed by atoms with Crippen molar-refractivity contribution in [1.82, 2.24) is 4.98 Å². The average Bonchev–Trinajstić information content (AvgIpc) is 2.27. The number of anilines is 2.